The minimum atomic E-state index is -0.981. The first-order valence-electron chi connectivity index (χ1n) is 8.53. The molecule has 0 aromatic heterocycles. The minimum Gasteiger partial charge on any atom is -0.478 e. The smallest absolute Gasteiger partial charge is 0.335 e. The molecule has 1 fully saturated rings. The number of nitrogens with one attached hydrogen (secondary N) is 1. The highest BCUT2D eigenvalue weighted by molar-refractivity contribution is 5.87. The van der Waals surface area contributed by atoms with Gasteiger partial charge in [-0.15, -0.1) is 0 Å². The van der Waals surface area contributed by atoms with Crippen LogP contribution in [0.4, 0.5) is 4.79 Å². The van der Waals surface area contributed by atoms with Gasteiger partial charge in [0.25, 0.3) is 0 Å². The van der Waals surface area contributed by atoms with Crippen molar-refractivity contribution >= 4 is 12.0 Å². The van der Waals surface area contributed by atoms with Gasteiger partial charge in [0.2, 0.25) is 0 Å². The van der Waals surface area contributed by atoms with E-state index in [1.54, 1.807) is 35.2 Å². The van der Waals surface area contributed by atoms with E-state index in [0.29, 0.717) is 31.8 Å². The molecule has 2 aromatic carbocycles. The first-order valence-corrected chi connectivity index (χ1v) is 8.53. The SMILES string of the molecule is N#Cc1cccc(C2CN(C(=O)NCc3ccc(C(=O)O)cc3)CCO2)c1. The molecule has 7 heteroatoms. The van der Waals surface area contributed by atoms with Crippen molar-refractivity contribution in [3.05, 3.63) is 70.8 Å². The second kappa shape index (κ2) is 8.34. The molecule has 7 nitrogen and oxygen atoms in total. The lowest BCUT2D eigenvalue weighted by Gasteiger charge is -2.33. The number of morpholine rings is 1. The van der Waals surface area contributed by atoms with Gasteiger partial charge in [-0.3, -0.25) is 0 Å². The number of carbonyl (C=O) groups excluding carboxylic acids is 1. The van der Waals surface area contributed by atoms with Crippen LogP contribution in [-0.2, 0) is 11.3 Å². The fraction of sp³-hybridized carbons (Fsp3) is 0.250. The van der Waals surface area contributed by atoms with Crippen LogP contribution in [0.15, 0.2) is 48.5 Å². The molecule has 0 saturated carbocycles. The predicted molar refractivity (Wildman–Crippen MR) is 97.1 cm³/mol. The Bertz CT molecular complexity index is 874. The van der Waals surface area contributed by atoms with E-state index in [1.807, 2.05) is 6.07 Å². The number of ether oxygens (including phenoxy) is 1. The molecule has 138 valence electrons. The number of nitrogens with zero attached hydrogens (tertiary/aromatic N) is 2. The number of hydrogen-bond donors (Lipinski definition) is 2. The largest absolute Gasteiger partial charge is 0.478 e. The highest BCUT2D eigenvalue weighted by Crippen LogP contribution is 2.23. The molecule has 0 bridgehead atoms. The van der Waals surface area contributed by atoms with E-state index in [-0.39, 0.29) is 17.7 Å². The van der Waals surface area contributed by atoms with Gasteiger partial charge in [0.05, 0.1) is 30.3 Å². The van der Waals surface area contributed by atoms with E-state index in [0.717, 1.165) is 11.1 Å². The third kappa shape index (κ3) is 4.63. The number of carboxylic acid groups (broad SMARTS) is 1. The van der Waals surface area contributed by atoms with Crippen LogP contribution in [0.3, 0.4) is 0 Å². The zero-order valence-electron chi connectivity index (χ0n) is 14.6. The molecular weight excluding hydrogens is 346 g/mol. The van der Waals surface area contributed by atoms with Gasteiger partial charge in [-0.2, -0.15) is 5.26 Å². The average molecular weight is 365 g/mol. The topological polar surface area (TPSA) is 103 Å². The number of rotatable bonds is 4. The fourth-order valence-corrected chi connectivity index (χ4v) is 2.90. The Kier molecular flexibility index (Phi) is 5.69. The van der Waals surface area contributed by atoms with Crippen LogP contribution in [0.5, 0.6) is 0 Å². The van der Waals surface area contributed by atoms with Crippen molar-refractivity contribution in [1.82, 2.24) is 10.2 Å². The number of benzene rings is 2. The molecule has 1 heterocycles. The van der Waals surface area contributed by atoms with Crippen molar-refractivity contribution in [3.63, 3.8) is 0 Å². The lowest BCUT2D eigenvalue weighted by Crippen LogP contribution is -2.46. The molecule has 0 aliphatic carbocycles. The maximum Gasteiger partial charge on any atom is 0.335 e. The molecule has 1 saturated heterocycles. The molecule has 1 aliphatic rings. The number of amides is 2. The van der Waals surface area contributed by atoms with Gasteiger partial charge in [0.1, 0.15) is 6.10 Å². The average Bonchev–Trinajstić information content (AvgIpc) is 2.72. The summed E-state index contributed by atoms with van der Waals surface area (Å²) < 4.78 is 5.76. The van der Waals surface area contributed by atoms with Gasteiger partial charge in [0, 0.05) is 13.1 Å². The molecule has 3 rings (SSSR count). The third-order valence-electron chi connectivity index (χ3n) is 4.39. The van der Waals surface area contributed by atoms with Gasteiger partial charge in [-0.1, -0.05) is 24.3 Å². The zero-order valence-corrected chi connectivity index (χ0v) is 14.6. The standard InChI is InChI=1S/C20H19N3O4/c21-11-15-2-1-3-17(10-15)18-13-23(8-9-27-18)20(26)22-12-14-4-6-16(7-5-14)19(24)25/h1-7,10,18H,8-9,12-13H2,(H,22,26)(H,24,25). The minimum absolute atomic E-state index is 0.206. The van der Waals surface area contributed by atoms with Gasteiger partial charge in [-0.05, 0) is 35.4 Å². The normalized spacial score (nSPS) is 16.4. The Labute approximate surface area is 156 Å². The monoisotopic (exact) mass is 365 g/mol. The number of carbonyl (C=O) groups is 2. The number of urea groups is 1. The van der Waals surface area contributed by atoms with E-state index in [4.69, 9.17) is 15.1 Å². The lowest BCUT2D eigenvalue weighted by atomic mass is 10.1. The maximum atomic E-state index is 12.5. The number of aromatic carboxylic acids is 1. The Morgan fingerprint density at radius 3 is 2.74 bits per heavy atom. The molecule has 1 aliphatic heterocycles. The van der Waals surface area contributed by atoms with Crippen LogP contribution in [0.1, 0.15) is 33.2 Å². The van der Waals surface area contributed by atoms with E-state index in [1.165, 1.54) is 12.1 Å². The number of hydrogen-bond acceptors (Lipinski definition) is 4. The van der Waals surface area contributed by atoms with Gasteiger partial charge >= 0.3 is 12.0 Å². The summed E-state index contributed by atoms with van der Waals surface area (Å²) in [6, 6.07) is 15.5. The second-order valence-corrected chi connectivity index (χ2v) is 6.20. The van der Waals surface area contributed by atoms with E-state index in [2.05, 4.69) is 11.4 Å². The molecule has 2 amide bonds. The summed E-state index contributed by atoms with van der Waals surface area (Å²) in [6.45, 7) is 1.61. The van der Waals surface area contributed by atoms with Gasteiger partial charge in [-0.25, -0.2) is 9.59 Å². The molecule has 2 aromatic rings. The molecule has 2 N–H and O–H groups in total. The van der Waals surface area contributed by atoms with Crippen LogP contribution >= 0.6 is 0 Å². The quantitative estimate of drug-likeness (QED) is 0.867. The Balaban J connectivity index is 1.58. The first kappa shape index (κ1) is 18.4. The Morgan fingerprint density at radius 1 is 1.26 bits per heavy atom. The summed E-state index contributed by atoms with van der Waals surface area (Å²) in [4.78, 5) is 25.0. The summed E-state index contributed by atoms with van der Waals surface area (Å²) in [7, 11) is 0. The van der Waals surface area contributed by atoms with Crippen LogP contribution in [0.25, 0.3) is 0 Å². The van der Waals surface area contributed by atoms with Gasteiger partial charge in [0.15, 0.2) is 0 Å². The molecule has 1 atom stereocenters. The molecule has 27 heavy (non-hydrogen) atoms. The second-order valence-electron chi connectivity index (χ2n) is 6.20. The van der Waals surface area contributed by atoms with Crippen LogP contribution < -0.4 is 5.32 Å². The first-order chi connectivity index (χ1) is 13.1. The molecule has 0 radical (unpaired) electrons. The van der Waals surface area contributed by atoms with Gasteiger partial charge < -0.3 is 20.1 Å². The van der Waals surface area contributed by atoms with Crippen LogP contribution in [0.2, 0.25) is 0 Å². The predicted octanol–water partition coefficient (Wildman–Crippen LogP) is 2.54. The summed E-state index contributed by atoms with van der Waals surface area (Å²) >= 11 is 0. The molecule has 1 unspecified atom stereocenters. The fourth-order valence-electron chi connectivity index (χ4n) is 2.90. The highest BCUT2D eigenvalue weighted by Gasteiger charge is 2.25. The van der Waals surface area contributed by atoms with Crippen LogP contribution in [0, 0.1) is 11.3 Å². The Hall–Kier alpha value is -3.37. The summed E-state index contributed by atoms with van der Waals surface area (Å²) in [5.41, 5.74) is 2.46. The third-order valence-corrected chi connectivity index (χ3v) is 4.39. The van der Waals surface area contributed by atoms with E-state index < -0.39 is 5.97 Å². The van der Waals surface area contributed by atoms with Crippen molar-refractivity contribution in [3.8, 4) is 6.07 Å². The Morgan fingerprint density at radius 2 is 2.04 bits per heavy atom. The van der Waals surface area contributed by atoms with Crippen LogP contribution in [-0.4, -0.2) is 41.7 Å². The number of nitriles is 1. The van der Waals surface area contributed by atoms with Crippen molar-refractivity contribution in [2.75, 3.05) is 19.7 Å². The van der Waals surface area contributed by atoms with Crippen molar-refractivity contribution in [2.24, 2.45) is 0 Å². The zero-order chi connectivity index (χ0) is 19.2. The number of carboxylic acids is 1. The van der Waals surface area contributed by atoms with Crippen molar-refractivity contribution in [2.45, 2.75) is 12.6 Å². The van der Waals surface area contributed by atoms with E-state index >= 15 is 0 Å². The van der Waals surface area contributed by atoms with Crippen molar-refractivity contribution in [1.29, 1.82) is 5.26 Å². The van der Waals surface area contributed by atoms with E-state index in [9.17, 15) is 9.59 Å². The highest BCUT2D eigenvalue weighted by atomic mass is 16.5. The summed E-state index contributed by atoms with van der Waals surface area (Å²) in [5, 5.41) is 20.8. The van der Waals surface area contributed by atoms with Crippen molar-refractivity contribution < 1.29 is 19.4 Å². The molecule has 0 spiro atoms. The summed E-state index contributed by atoms with van der Waals surface area (Å²) in [5.74, 6) is -0.981. The molecular formula is C20H19N3O4. The summed E-state index contributed by atoms with van der Waals surface area (Å²) in [6.07, 6.45) is -0.271. The maximum absolute atomic E-state index is 12.5. The lowest BCUT2D eigenvalue weighted by molar-refractivity contribution is -0.0154.